The molecule has 0 radical (unpaired) electrons. The van der Waals surface area contributed by atoms with Gasteiger partial charge in [0.25, 0.3) is 0 Å². The monoisotopic (exact) mass is 305 g/mol. The lowest BCUT2D eigenvalue weighted by Crippen LogP contribution is -2.35. The maximum Gasteiger partial charge on any atom is 0.0685 e. The minimum atomic E-state index is 0.638. The van der Waals surface area contributed by atoms with E-state index in [1.807, 2.05) is 17.9 Å². The molecule has 0 spiro atoms. The molecule has 3 nitrogen and oxygen atoms in total. The van der Waals surface area contributed by atoms with Crippen molar-refractivity contribution in [2.24, 2.45) is 7.05 Å². The van der Waals surface area contributed by atoms with Crippen LogP contribution in [0, 0.1) is 0 Å². The highest BCUT2D eigenvalue weighted by atomic mass is 15.2. The van der Waals surface area contributed by atoms with Gasteiger partial charge in [-0.05, 0) is 48.6 Å². The van der Waals surface area contributed by atoms with Crippen molar-refractivity contribution in [1.82, 2.24) is 15.1 Å². The first kappa shape index (κ1) is 14.5. The van der Waals surface area contributed by atoms with E-state index in [1.54, 1.807) is 0 Å². The molecule has 0 aliphatic carbocycles. The highest BCUT2D eigenvalue weighted by molar-refractivity contribution is 5.84. The van der Waals surface area contributed by atoms with Crippen LogP contribution in [0.25, 0.3) is 22.0 Å². The molecule has 1 saturated heterocycles. The van der Waals surface area contributed by atoms with Gasteiger partial charge in [-0.2, -0.15) is 5.10 Å². The van der Waals surface area contributed by atoms with Gasteiger partial charge in [0.05, 0.1) is 11.7 Å². The molecule has 1 atom stereocenters. The zero-order chi connectivity index (χ0) is 15.6. The second-order valence-corrected chi connectivity index (χ2v) is 6.59. The number of rotatable bonds is 3. The molecule has 1 unspecified atom stereocenters. The van der Waals surface area contributed by atoms with Crippen molar-refractivity contribution in [2.45, 2.75) is 31.7 Å². The first-order valence-electron chi connectivity index (χ1n) is 8.54. The summed E-state index contributed by atoms with van der Waals surface area (Å²) in [7, 11) is 2.00. The lowest BCUT2D eigenvalue weighted by Gasteiger charge is -2.23. The van der Waals surface area contributed by atoms with Crippen LogP contribution < -0.4 is 5.32 Å². The summed E-state index contributed by atoms with van der Waals surface area (Å²) in [5.41, 5.74) is 5.16. The van der Waals surface area contributed by atoms with E-state index < -0.39 is 0 Å². The fourth-order valence-electron chi connectivity index (χ4n) is 3.58. The third-order valence-electron chi connectivity index (χ3n) is 4.90. The maximum atomic E-state index is 4.33. The number of nitrogens with one attached hydrogen (secondary N) is 1. The first-order chi connectivity index (χ1) is 11.3. The molecule has 0 saturated carbocycles. The molecule has 1 aliphatic rings. The van der Waals surface area contributed by atoms with Crippen molar-refractivity contribution in [1.29, 1.82) is 0 Å². The molecule has 0 bridgehead atoms. The molecule has 2 heterocycles. The van der Waals surface area contributed by atoms with Crippen molar-refractivity contribution in [2.75, 3.05) is 6.54 Å². The molecule has 3 aromatic rings. The molecular formula is C20H23N3. The molecule has 1 aliphatic heterocycles. The average Bonchev–Trinajstić information content (AvgIpc) is 2.97. The third-order valence-corrected chi connectivity index (χ3v) is 4.90. The van der Waals surface area contributed by atoms with Gasteiger partial charge in [0.15, 0.2) is 0 Å². The molecule has 2 aromatic carbocycles. The Morgan fingerprint density at radius 3 is 2.91 bits per heavy atom. The van der Waals surface area contributed by atoms with Crippen LogP contribution in [0.4, 0.5) is 0 Å². The van der Waals surface area contributed by atoms with Gasteiger partial charge in [-0.3, -0.25) is 4.68 Å². The number of aryl methyl sites for hydroxylation is 1. The number of piperidine rings is 1. The Hall–Kier alpha value is -2.13. The summed E-state index contributed by atoms with van der Waals surface area (Å²) in [6, 6.07) is 16.2. The van der Waals surface area contributed by atoms with Crippen LogP contribution in [-0.4, -0.2) is 22.4 Å². The van der Waals surface area contributed by atoms with E-state index in [1.165, 1.54) is 53.4 Å². The minimum absolute atomic E-state index is 0.638. The predicted molar refractivity (Wildman–Crippen MR) is 95.5 cm³/mol. The van der Waals surface area contributed by atoms with Gasteiger partial charge in [0.2, 0.25) is 0 Å². The molecule has 118 valence electrons. The van der Waals surface area contributed by atoms with Crippen molar-refractivity contribution in [3.8, 4) is 11.1 Å². The molecule has 0 amide bonds. The lowest BCUT2D eigenvalue weighted by molar-refractivity contribution is 0.399. The van der Waals surface area contributed by atoms with Crippen molar-refractivity contribution in [3.63, 3.8) is 0 Å². The van der Waals surface area contributed by atoms with Crippen LogP contribution in [-0.2, 0) is 13.5 Å². The molecule has 1 N–H and O–H groups in total. The highest BCUT2D eigenvalue weighted by Crippen LogP contribution is 2.25. The number of aromatic nitrogens is 2. The quantitative estimate of drug-likeness (QED) is 0.794. The van der Waals surface area contributed by atoms with Crippen LogP contribution in [0.2, 0.25) is 0 Å². The second-order valence-electron chi connectivity index (χ2n) is 6.59. The summed E-state index contributed by atoms with van der Waals surface area (Å²) >= 11 is 0. The molecule has 1 aromatic heterocycles. The van der Waals surface area contributed by atoms with E-state index in [9.17, 15) is 0 Å². The van der Waals surface area contributed by atoms with Crippen LogP contribution in [0.15, 0.2) is 48.7 Å². The number of hydrogen-bond donors (Lipinski definition) is 1. The smallest absolute Gasteiger partial charge is 0.0685 e. The Bertz CT molecular complexity index is 813. The normalized spacial score (nSPS) is 18.4. The Labute approximate surface area is 137 Å². The van der Waals surface area contributed by atoms with Gasteiger partial charge in [0, 0.05) is 18.5 Å². The summed E-state index contributed by atoms with van der Waals surface area (Å²) in [5.74, 6) is 0. The summed E-state index contributed by atoms with van der Waals surface area (Å²) in [5, 5.41) is 9.17. The molecular weight excluding hydrogens is 282 g/mol. The number of hydrogen-bond acceptors (Lipinski definition) is 2. The van der Waals surface area contributed by atoms with Gasteiger partial charge >= 0.3 is 0 Å². The maximum absolute atomic E-state index is 4.33. The molecule has 1 fully saturated rings. The average molecular weight is 305 g/mol. The topological polar surface area (TPSA) is 29.9 Å². The van der Waals surface area contributed by atoms with Crippen LogP contribution in [0.1, 0.15) is 24.8 Å². The van der Waals surface area contributed by atoms with E-state index in [0.29, 0.717) is 6.04 Å². The van der Waals surface area contributed by atoms with E-state index in [0.717, 1.165) is 6.42 Å². The summed E-state index contributed by atoms with van der Waals surface area (Å²) in [4.78, 5) is 0. The Morgan fingerprint density at radius 1 is 1.13 bits per heavy atom. The van der Waals surface area contributed by atoms with Gasteiger partial charge in [-0.15, -0.1) is 0 Å². The first-order valence-corrected chi connectivity index (χ1v) is 8.54. The zero-order valence-corrected chi connectivity index (χ0v) is 13.6. The van der Waals surface area contributed by atoms with E-state index in [4.69, 9.17) is 0 Å². The number of benzene rings is 2. The van der Waals surface area contributed by atoms with E-state index in [2.05, 4.69) is 52.9 Å². The van der Waals surface area contributed by atoms with Gasteiger partial charge in [0.1, 0.15) is 0 Å². The predicted octanol–water partition coefficient (Wildman–Crippen LogP) is 3.92. The SMILES string of the molecule is Cn1ncc2ccc(-c3cccc(CC4CCCCN4)c3)cc21. The van der Waals surface area contributed by atoms with Crippen molar-refractivity contribution < 1.29 is 0 Å². The van der Waals surface area contributed by atoms with Crippen molar-refractivity contribution >= 4 is 10.9 Å². The number of fused-ring (bicyclic) bond motifs is 1. The van der Waals surface area contributed by atoms with Crippen molar-refractivity contribution in [3.05, 3.63) is 54.2 Å². The second kappa shape index (κ2) is 6.17. The Morgan fingerprint density at radius 2 is 2.04 bits per heavy atom. The van der Waals surface area contributed by atoms with Crippen LogP contribution >= 0.6 is 0 Å². The third kappa shape index (κ3) is 3.02. The highest BCUT2D eigenvalue weighted by Gasteiger charge is 2.13. The standard InChI is InChI=1S/C20H23N3/c1-23-20-13-17(8-9-18(20)14-22-23)16-6-4-5-15(11-16)12-19-7-2-3-10-21-19/h4-6,8-9,11,13-14,19,21H,2-3,7,10,12H2,1H3. The lowest BCUT2D eigenvalue weighted by atomic mass is 9.95. The fourth-order valence-corrected chi connectivity index (χ4v) is 3.58. The summed E-state index contributed by atoms with van der Waals surface area (Å²) in [6.07, 6.45) is 7.02. The van der Waals surface area contributed by atoms with E-state index in [-0.39, 0.29) is 0 Å². The van der Waals surface area contributed by atoms with Gasteiger partial charge in [-0.25, -0.2) is 0 Å². The largest absolute Gasteiger partial charge is 0.314 e. The van der Waals surface area contributed by atoms with Crippen LogP contribution in [0.5, 0.6) is 0 Å². The summed E-state index contributed by atoms with van der Waals surface area (Å²) in [6.45, 7) is 1.17. The molecule has 3 heteroatoms. The zero-order valence-electron chi connectivity index (χ0n) is 13.6. The Kier molecular flexibility index (Phi) is 3.88. The van der Waals surface area contributed by atoms with Crippen LogP contribution in [0.3, 0.4) is 0 Å². The fraction of sp³-hybridized carbons (Fsp3) is 0.350. The summed E-state index contributed by atoms with van der Waals surface area (Å²) < 4.78 is 1.94. The van der Waals surface area contributed by atoms with Gasteiger partial charge < -0.3 is 5.32 Å². The van der Waals surface area contributed by atoms with E-state index >= 15 is 0 Å². The Balaban J connectivity index is 1.62. The van der Waals surface area contributed by atoms with Gasteiger partial charge in [-0.1, -0.05) is 42.8 Å². The molecule has 4 rings (SSSR count). The minimum Gasteiger partial charge on any atom is -0.314 e. The number of nitrogens with zero attached hydrogens (tertiary/aromatic N) is 2. The molecule has 23 heavy (non-hydrogen) atoms.